The van der Waals surface area contributed by atoms with E-state index in [4.69, 9.17) is 4.74 Å². The van der Waals surface area contributed by atoms with Crippen molar-refractivity contribution in [2.24, 2.45) is 11.8 Å². The van der Waals surface area contributed by atoms with Gasteiger partial charge in [-0.15, -0.1) is 0 Å². The van der Waals surface area contributed by atoms with Gasteiger partial charge in [-0.1, -0.05) is 43.7 Å². The highest BCUT2D eigenvalue weighted by molar-refractivity contribution is 7.89. The quantitative estimate of drug-likeness (QED) is 0.506. The van der Waals surface area contributed by atoms with Crippen molar-refractivity contribution in [1.29, 1.82) is 0 Å². The minimum absolute atomic E-state index is 0.0862. The molecule has 1 aliphatic heterocycles. The van der Waals surface area contributed by atoms with Gasteiger partial charge in [-0.3, -0.25) is 9.59 Å². The summed E-state index contributed by atoms with van der Waals surface area (Å²) in [6.07, 6.45) is 1.50. The molecule has 0 spiro atoms. The third-order valence-corrected chi connectivity index (χ3v) is 8.52. The maximum atomic E-state index is 13.0. The highest BCUT2D eigenvalue weighted by atomic mass is 32.2. The van der Waals surface area contributed by atoms with Gasteiger partial charge < -0.3 is 15.4 Å². The summed E-state index contributed by atoms with van der Waals surface area (Å²) in [4.78, 5) is 26.1. The normalized spacial score (nSPS) is 15.9. The molecule has 0 bridgehead atoms. The molecule has 8 nitrogen and oxygen atoms in total. The SMILES string of the molecule is COc1ccc(CCNC(=O)[C@H](NC(=O)C2CCN(S(=O)(=O)c3ccc(C)cc3)CC2)C(C)C)cc1. The smallest absolute Gasteiger partial charge is 0.243 e. The Morgan fingerprint density at radius 2 is 1.64 bits per heavy atom. The van der Waals surface area contributed by atoms with Crippen molar-refractivity contribution < 1.29 is 22.7 Å². The number of nitrogens with one attached hydrogen (secondary N) is 2. The van der Waals surface area contributed by atoms with Gasteiger partial charge in [0.1, 0.15) is 11.8 Å². The fraction of sp³-hybridized carbons (Fsp3) is 0.481. The van der Waals surface area contributed by atoms with Crippen LogP contribution in [0.5, 0.6) is 5.75 Å². The summed E-state index contributed by atoms with van der Waals surface area (Å²) in [6.45, 7) is 6.70. The summed E-state index contributed by atoms with van der Waals surface area (Å²) in [5.74, 6) is -0.0543. The van der Waals surface area contributed by atoms with Crippen LogP contribution in [0.3, 0.4) is 0 Å². The third kappa shape index (κ3) is 7.07. The lowest BCUT2D eigenvalue weighted by atomic mass is 9.95. The Bertz CT molecular complexity index is 1120. The van der Waals surface area contributed by atoms with Crippen LogP contribution in [-0.4, -0.2) is 57.3 Å². The molecule has 2 N–H and O–H groups in total. The summed E-state index contributed by atoms with van der Waals surface area (Å²) in [7, 11) is -1.97. The van der Waals surface area contributed by atoms with E-state index in [9.17, 15) is 18.0 Å². The Balaban J connectivity index is 1.50. The van der Waals surface area contributed by atoms with E-state index in [0.29, 0.717) is 25.8 Å². The second-order valence-corrected chi connectivity index (χ2v) is 11.5. The highest BCUT2D eigenvalue weighted by Gasteiger charge is 2.34. The molecule has 0 unspecified atom stereocenters. The summed E-state index contributed by atoms with van der Waals surface area (Å²) >= 11 is 0. The summed E-state index contributed by atoms with van der Waals surface area (Å²) in [5.41, 5.74) is 2.07. The zero-order valence-corrected chi connectivity index (χ0v) is 22.3. The molecule has 2 aromatic rings. The molecule has 1 fully saturated rings. The first kappa shape index (κ1) is 27.7. The minimum Gasteiger partial charge on any atom is -0.497 e. The van der Waals surface area contributed by atoms with E-state index in [1.165, 1.54) is 4.31 Å². The van der Waals surface area contributed by atoms with Gasteiger partial charge in [-0.25, -0.2) is 8.42 Å². The number of nitrogens with zero attached hydrogens (tertiary/aromatic N) is 1. The lowest BCUT2D eigenvalue weighted by Gasteiger charge is -2.32. The molecule has 0 saturated carbocycles. The number of amides is 2. The van der Waals surface area contributed by atoms with Crippen molar-refractivity contribution in [1.82, 2.24) is 14.9 Å². The van der Waals surface area contributed by atoms with E-state index in [1.807, 2.05) is 45.0 Å². The topological polar surface area (TPSA) is 105 Å². The Labute approximate surface area is 214 Å². The van der Waals surface area contributed by atoms with E-state index < -0.39 is 16.1 Å². The van der Waals surface area contributed by atoms with Gasteiger partial charge in [0.05, 0.1) is 12.0 Å². The molecule has 36 heavy (non-hydrogen) atoms. The van der Waals surface area contributed by atoms with E-state index in [2.05, 4.69) is 10.6 Å². The zero-order valence-electron chi connectivity index (χ0n) is 21.5. The van der Waals surface area contributed by atoms with Crippen LogP contribution in [0.25, 0.3) is 0 Å². The van der Waals surface area contributed by atoms with Crippen LogP contribution >= 0.6 is 0 Å². The Kier molecular flexibility index (Phi) is 9.50. The van der Waals surface area contributed by atoms with Gasteiger partial charge in [0, 0.05) is 25.6 Å². The van der Waals surface area contributed by atoms with Crippen molar-refractivity contribution in [3.8, 4) is 5.75 Å². The number of sulfonamides is 1. The van der Waals surface area contributed by atoms with Gasteiger partial charge in [0.15, 0.2) is 0 Å². The Hall–Kier alpha value is -2.91. The number of methoxy groups -OCH3 is 1. The number of benzene rings is 2. The average molecular weight is 516 g/mol. The van der Waals surface area contributed by atoms with Crippen LogP contribution in [0.15, 0.2) is 53.4 Å². The highest BCUT2D eigenvalue weighted by Crippen LogP contribution is 2.24. The van der Waals surface area contributed by atoms with Gasteiger partial charge in [-0.2, -0.15) is 4.31 Å². The van der Waals surface area contributed by atoms with Crippen molar-refractivity contribution in [3.05, 3.63) is 59.7 Å². The summed E-state index contributed by atoms with van der Waals surface area (Å²) in [6, 6.07) is 13.8. The third-order valence-electron chi connectivity index (χ3n) is 6.60. The maximum absolute atomic E-state index is 13.0. The first-order valence-corrected chi connectivity index (χ1v) is 13.8. The van der Waals surface area contributed by atoms with Crippen molar-refractivity contribution in [2.45, 2.75) is 51.0 Å². The average Bonchev–Trinajstić information content (AvgIpc) is 2.87. The number of aryl methyl sites for hydroxylation is 1. The lowest BCUT2D eigenvalue weighted by molar-refractivity contribution is -0.132. The molecule has 2 amide bonds. The van der Waals surface area contributed by atoms with Crippen LogP contribution in [0, 0.1) is 18.8 Å². The number of rotatable bonds is 10. The Morgan fingerprint density at radius 1 is 1.03 bits per heavy atom. The van der Waals surface area contributed by atoms with Crippen molar-refractivity contribution in [3.63, 3.8) is 0 Å². The number of carbonyl (C=O) groups is 2. The maximum Gasteiger partial charge on any atom is 0.243 e. The van der Waals surface area contributed by atoms with E-state index >= 15 is 0 Å². The predicted molar refractivity (Wildman–Crippen MR) is 139 cm³/mol. The molecule has 1 heterocycles. The molecule has 0 aliphatic carbocycles. The van der Waals surface area contributed by atoms with E-state index in [1.54, 1.807) is 31.4 Å². The molecule has 1 aliphatic rings. The van der Waals surface area contributed by atoms with Crippen LogP contribution in [0.2, 0.25) is 0 Å². The first-order valence-electron chi connectivity index (χ1n) is 12.4. The molecule has 1 atom stereocenters. The zero-order chi connectivity index (χ0) is 26.3. The number of hydrogen-bond acceptors (Lipinski definition) is 5. The van der Waals surface area contributed by atoms with Crippen LogP contribution in [0.4, 0.5) is 0 Å². The number of ether oxygens (including phenoxy) is 1. The Morgan fingerprint density at radius 3 is 2.19 bits per heavy atom. The number of hydrogen-bond donors (Lipinski definition) is 2. The second kappa shape index (κ2) is 12.4. The molecular formula is C27H37N3O5S. The van der Waals surface area contributed by atoms with Gasteiger partial charge in [-0.05, 0) is 61.9 Å². The lowest BCUT2D eigenvalue weighted by Crippen LogP contribution is -2.52. The van der Waals surface area contributed by atoms with E-state index in [-0.39, 0.29) is 41.6 Å². The molecule has 9 heteroatoms. The van der Waals surface area contributed by atoms with Crippen LogP contribution in [0.1, 0.15) is 37.8 Å². The molecule has 1 saturated heterocycles. The van der Waals surface area contributed by atoms with Crippen LogP contribution in [-0.2, 0) is 26.0 Å². The summed E-state index contributed by atoms with van der Waals surface area (Å²) < 4.78 is 32.5. The molecule has 196 valence electrons. The number of piperidine rings is 1. The van der Waals surface area contributed by atoms with Gasteiger partial charge in [0.25, 0.3) is 0 Å². The fourth-order valence-corrected chi connectivity index (χ4v) is 5.73. The first-order chi connectivity index (χ1) is 17.1. The minimum atomic E-state index is -3.58. The molecule has 0 radical (unpaired) electrons. The monoisotopic (exact) mass is 515 g/mol. The number of carbonyl (C=O) groups excluding carboxylic acids is 2. The molecule has 0 aromatic heterocycles. The summed E-state index contributed by atoms with van der Waals surface area (Å²) in [5, 5.41) is 5.83. The molecule has 2 aromatic carbocycles. The van der Waals surface area contributed by atoms with E-state index in [0.717, 1.165) is 16.9 Å². The van der Waals surface area contributed by atoms with Crippen molar-refractivity contribution in [2.75, 3.05) is 26.7 Å². The predicted octanol–water partition coefficient (Wildman–Crippen LogP) is 2.90. The van der Waals surface area contributed by atoms with Crippen molar-refractivity contribution >= 4 is 21.8 Å². The van der Waals surface area contributed by atoms with Gasteiger partial charge in [0.2, 0.25) is 21.8 Å². The fourth-order valence-electron chi connectivity index (χ4n) is 4.26. The van der Waals surface area contributed by atoms with Gasteiger partial charge >= 0.3 is 0 Å². The standard InChI is InChI=1S/C27H37N3O5S/c1-19(2)25(27(32)28-16-13-21-7-9-23(35-4)10-8-21)29-26(31)22-14-17-30(18-15-22)36(33,34)24-11-5-20(3)6-12-24/h5-12,19,22,25H,13-18H2,1-4H3,(H,28,32)(H,29,31)/t25-/m1/s1. The molecular weight excluding hydrogens is 478 g/mol. The van der Waals surface area contributed by atoms with Crippen LogP contribution < -0.4 is 15.4 Å². The molecule has 3 rings (SSSR count). The largest absolute Gasteiger partial charge is 0.497 e. The second-order valence-electron chi connectivity index (χ2n) is 9.61.